The zero-order chi connectivity index (χ0) is 26.5. The number of hydrogen-bond acceptors (Lipinski definition) is 7. The molecule has 198 valence electrons. The standard InChI is InChI=1S/C28H34N2O7/c1-14-9-10-28(16(3)12-15(2)26(37-28)17(4)25(32)18-6-5-11-29-18)36-21(14)13-22-30-24-20(35-22)8-7-19(31)23(24)27(33)34/h5-8,11,14-17,21,26,29,31H,9-10,12-13H2,1-4H3,(H,33,34)/t14-,15-,16-,17-,21-,26+,28?/m1/s1. The summed E-state index contributed by atoms with van der Waals surface area (Å²) in [6.07, 6.45) is 4.00. The minimum Gasteiger partial charge on any atom is -0.507 e. The van der Waals surface area contributed by atoms with Gasteiger partial charge in [0.15, 0.2) is 23.0 Å². The number of benzene rings is 1. The second-order valence-electron chi connectivity index (χ2n) is 10.8. The number of aromatic carboxylic acids is 1. The van der Waals surface area contributed by atoms with Crippen molar-refractivity contribution in [1.29, 1.82) is 0 Å². The molecule has 0 aliphatic carbocycles. The van der Waals surface area contributed by atoms with Crippen LogP contribution >= 0.6 is 0 Å². The Bertz CT molecular complexity index is 1300. The number of ether oxygens (including phenoxy) is 2. The summed E-state index contributed by atoms with van der Waals surface area (Å²) < 4.78 is 19.3. The van der Waals surface area contributed by atoms with E-state index in [4.69, 9.17) is 13.9 Å². The number of hydrogen-bond donors (Lipinski definition) is 3. The molecule has 1 aromatic carbocycles. The molecule has 0 saturated carbocycles. The number of rotatable bonds is 6. The molecule has 7 atom stereocenters. The number of carbonyl (C=O) groups excluding carboxylic acids is 1. The van der Waals surface area contributed by atoms with Gasteiger partial charge in [-0.3, -0.25) is 4.79 Å². The topological polar surface area (TPSA) is 135 Å². The fraction of sp³-hybridized carbons (Fsp3) is 0.536. The van der Waals surface area contributed by atoms with E-state index in [9.17, 15) is 19.8 Å². The number of carbonyl (C=O) groups is 2. The van der Waals surface area contributed by atoms with Crippen LogP contribution in [0.5, 0.6) is 5.75 Å². The maximum atomic E-state index is 13.1. The fourth-order valence-corrected chi connectivity index (χ4v) is 6.04. The summed E-state index contributed by atoms with van der Waals surface area (Å²) in [6, 6.07) is 6.41. The van der Waals surface area contributed by atoms with E-state index >= 15 is 0 Å². The first-order chi connectivity index (χ1) is 17.6. The van der Waals surface area contributed by atoms with Crippen molar-refractivity contribution < 1.29 is 33.7 Å². The van der Waals surface area contributed by atoms with Crippen LogP contribution in [0.4, 0.5) is 0 Å². The molecule has 2 saturated heterocycles. The predicted molar refractivity (Wildman–Crippen MR) is 134 cm³/mol. The molecule has 2 fully saturated rings. The van der Waals surface area contributed by atoms with E-state index in [1.54, 1.807) is 12.3 Å². The van der Waals surface area contributed by atoms with Gasteiger partial charge in [-0.25, -0.2) is 9.78 Å². The number of carboxylic acid groups (broad SMARTS) is 1. The summed E-state index contributed by atoms with van der Waals surface area (Å²) in [5, 5.41) is 19.5. The minimum atomic E-state index is -1.27. The van der Waals surface area contributed by atoms with Gasteiger partial charge in [-0.15, -0.1) is 0 Å². The van der Waals surface area contributed by atoms with Crippen LogP contribution < -0.4 is 0 Å². The van der Waals surface area contributed by atoms with Crippen LogP contribution in [-0.4, -0.2) is 49.9 Å². The molecular weight excluding hydrogens is 476 g/mol. The van der Waals surface area contributed by atoms with Crippen LogP contribution in [0.25, 0.3) is 11.1 Å². The van der Waals surface area contributed by atoms with E-state index in [0.29, 0.717) is 23.6 Å². The Morgan fingerprint density at radius 1 is 1.19 bits per heavy atom. The van der Waals surface area contributed by atoms with Gasteiger partial charge < -0.3 is 29.1 Å². The first-order valence-corrected chi connectivity index (χ1v) is 13.0. The summed E-state index contributed by atoms with van der Waals surface area (Å²) in [5.41, 5.74) is 0.725. The Hall–Kier alpha value is -3.17. The van der Waals surface area contributed by atoms with E-state index in [1.807, 2.05) is 13.0 Å². The highest BCUT2D eigenvalue weighted by Gasteiger charge is 2.52. The SMILES string of the molecule is C[C@@H]1C[C@@H](C)C2(CC[C@@H](C)[C@@H](Cc3nc4c(C(=O)O)c(O)ccc4o3)O2)O[C@@H]1[C@H](C)C(=O)c1ccc[nH]1. The second kappa shape index (κ2) is 9.61. The molecule has 37 heavy (non-hydrogen) atoms. The quantitative estimate of drug-likeness (QED) is 0.386. The number of phenols is 1. The number of nitrogens with one attached hydrogen (secondary N) is 1. The lowest BCUT2D eigenvalue weighted by atomic mass is 9.75. The number of ketones is 1. The summed E-state index contributed by atoms with van der Waals surface area (Å²) >= 11 is 0. The fourth-order valence-electron chi connectivity index (χ4n) is 6.04. The molecule has 0 amide bonds. The summed E-state index contributed by atoms with van der Waals surface area (Å²) in [4.78, 5) is 32.2. The van der Waals surface area contributed by atoms with Crippen molar-refractivity contribution in [2.75, 3.05) is 0 Å². The molecule has 4 heterocycles. The Balaban J connectivity index is 1.38. The van der Waals surface area contributed by atoms with Gasteiger partial charge in [0.1, 0.15) is 16.8 Å². The normalized spacial score (nSPS) is 31.0. The number of aromatic amines is 1. The molecule has 3 N–H and O–H groups in total. The largest absolute Gasteiger partial charge is 0.507 e. The number of aromatic hydroxyl groups is 1. The lowest BCUT2D eigenvalue weighted by Gasteiger charge is -2.53. The Kier molecular flexibility index (Phi) is 6.62. The van der Waals surface area contributed by atoms with Crippen LogP contribution in [-0.2, 0) is 15.9 Å². The molecule has 0 radical (unpaired) electrons. The summed E-state index contributed by atoms with van der Waals surface area (Å²) in [6.45, 7) is 8.30. The van der Waals surface area contributed by atoms with Crippen LogP contribution in [0.1, 0.15) is 73.7 Å². The van der Waals surface area contributed by atoms with Gasteiger partial charge in [0.25, 0.3) is 0 Å². The molecule has 9 nitrogen and oxygen atoms in total. The summed E-state index contributed by atoms with van der Waals surface area (Å²) in [7, 11) is 0. The third-order valence-electron chi connectivity index (χ3n) is 8.25. The van der Waals surface area contributed by atoms with Crippen LogP contribution in [0.3, 0.4) is 0 Å². The molecule has 2 aliphatic rings. The van der Waals surface area contributed by atoms with Crippen molar-refractivity contribution in [3.05, 3.63) is 47.6 Å². The molecule has 0 bridgehead atoms. The zero-order valence-corrected chi connectivity index (χ0v) is 21.6. The Morgan fingerprint density at radius 2 is 1.97 bits per heavy atom. The van der Waals surface area contributed by atoms with Crippen molar-refractivity contribution in [2.24, 2.45) is 23.7 Å². The van der Waals surface area contributed by atoms with Crippen molar-refractivity contribution in [2.45, 2.75) is 71.4 Å². The van der Waals surface area contributed by atoms with E-state index in [0.717, 1.165) is 19.3 Å². The van der Waals surface area contributed by atoms with Gasteiger partial charge in [0.05, 0.1) is 24.3 Å². The third-order valence-corrected chi connectivity index (χ3v) is 8.25. The van der Waals surface area contributed by atoms with Crippen molar-refractivity contribution in [3.8, 4) is 5.75 Å². The molecule has 3 aromatic rings. The van der Waals surface area contributed by atoms with E-state index in [2.05, 4.69) is 30.7 Å². The number of aromatic nitrogens is 2. The smallest absolute Gasteiger partial charge is 0.341 e. The van der Waals surface area contributed by atoms with Crippen LogP contribution in [0, 0.1) is 23.7 Å². The first kappa shape index (κ1) is 25.5. The van der Waals surface area contributed by atoms with Gasteiger partial charge >= 0.3 is 5.97 Å². The molecule has 1 spiro atoms. The Labute approximate surface area is 215 Å². The molecule has 2 aliphatic heterocycles. The van der Waals surface area contributed by atoms with E-state index < -0.39 is 11.8 Å². The van der Waals surface area contributed by atoms with Crippen molar-refractivity contribution in [3.63, 3.8) is 0 Å². The first-order valence-electron chi connectivity index (χ1n) is 13.0. The average Bonchev–Trinajstić information content (AvgIpc) is 3.52. The van der Waals surface area contributed by atoms with Gasteiger partial charge in [-0.05, 0) is 48.9 Å². The van der Waals surface area contributed by atoms with Gasteiger partial charge in [-0.1, -0.05) is 27.7 Å². The van der Waals surface area contributed by atoms with E-state index in [-0.39, 0.29) is 58.5 Å². The molecular formula is C28H34N2O7. The zero-order valence-electron chi connectivity index (χ0n) is 21.6. The predicted octanol–water partition coefficient (Wildman–Crippen LogP) is 5.19. The third kappa shape index (κ3) is 4.55. The molecule has 2 aromatic heterocycles. The maximum absolute atomic E-state index is 13.1. The second-order valence-corrected chi connectivity index (χ2v) is 10.8. The number of carboxylic acids is 1. The number of nitrogens with zero attached hydrogens (tertiary/aromatic N) is 1. The Morgan fingerprint density at radius 3 is 2.68 bits per heavy atom. The van der Waals surface area contributed by atoms with Crippen LogP contribution in [0.2, 0.25) is 0 Å². The number of fused-ring (bicyclic) bond motifs is 1. The molecule has 9 heteroatoms. The van der Waals surface area contributed by atoms with Gasteiger partial charge in [0, 0.05) is 24.5 Å². The van der Waals surface area contributed by atoms with E-state index in [1.165, 1.54) is 12.1 Å². The maximum Gasteiger partial charge on any atom is 0.341 e. The highest BCUT2D eigenvalue weighted by atomic mass is 16.7. The highest BCUT2D eigenvalue weighted by Crippen LogP contribution is 2.48. The van der Waals surface area contributed by atoms with Crippen molar-refractivity contribution >= 4 is 22.9 Å². The summed E-state index contributed by atoms with van der Waals surface area (Å²) in [5.74, 6) is -1.90. The van der Waals surface area contributed by atoms with Crippen molar-refractivity contribution in [1.82, 2.24) is 9.97 Å². The lowest BCUT2D eigenvalue weighted by Crippen LogP contribution is -2.58. The molecule has 5 rings (SSSR count). The van der Waals surface area contributed by atoms with Crippen LogP contribution in [0.15, 0.2) is 34.9 Å². The number of oxazole rings is 1. The monoisotopic (exact) mass is 510 g/mol. The number of H-pyrrole nitrogens is 1. The average molecular weight is 511 g/mol. The minimum absolute atomic E-state index is 0.0243. The lowest BCUT2D eigenvalue weighted by molar-refractivity contribution is -0.355. The molecule has 1 unspecified atom stereocenters. The number of Topliss-reactive ketones (excluding diaryl/α,β-unsaturated/α-hetero) is 1. The highest BCUT2D eigenvalue weighted by molar-refractivity contribution is 6.03. The van der Waals surface area contributed by atoms with Gasteiger partial charge in [-0.2, -0.15) is 0 Å². The van der Waals surface area contributed by atoms with Gasteiger partial charge in [0.2, 0.25) is 0 Å².